The topological polar surface area (TPSA) is 137 Å². The molecule has 3 atom stereocenters. The van der Waals surface area contributed by atoms with Gasteiger partial charge in [-0.3, -0.25) is 9.48 Å². The number of nitrogens with zero attached hydrogens (tertiary/aromatic N) is 4. The number of hydrogen-bond donors (Lipinski definition) is 3. The first-order valence-electron chi connectivity index (χ1n) is 10.2. The van der Waals surface area contributed by atoms with Crippen LogP contribution in [0.25, 0.3) is 0 Å². The number of nitrogens with two attached hydrogens (primary N) is 1. The van der Waals surface area contributed by atoms with E-state index in [9.17, 15) is 24.3 Å². The highest BCUT2D eigenvalue weighted by atomic mass is 19.1. The zero-order valence-corrected chi connectivity index (χ0v) is 16.7. The highest BCUT2D eigenvalue weighted by Crippen LogP contribution is 2.42. The molecule has 1 aromatic carbocycles. The molecule has 1 aliphatic heterocycles. The number of amides is 2. The van der Waals surface area contributed by atoms with E-state index in [1.165, 1.54) is 35.4 Å². The predicted octanol–water partition coefficient (Wildman–Crippen LogP) is 3.10. The van der Waals surface area contributed by atoms with E-state index in [0.29, 0.717) is 24.4 Å². The number of anilines is 2. The van der Waals surface area contributed by atoms with E-state index in [-0.39, 0.29) is 17.9 Å². The minimum absolute atomic E-state index is 0.139. The van der Waals surface area contributed by atoms with Crippen molar-refractivity contribution in [2.24, 2.45) is 17.6 Å². The Morgan fingerprint density at radius 3 is 2.58 bits per heavy atom. The van der Waals surface area contributed by atoms with Crippen molar-refractivity contribution in [1.82, 2.24) is 14.7 Å². The Labute approximate surface area is 178 Å². The highest BCUT2D eigenvalue weighted by molar-refractivity contribution is 5.98. The molecule has 1 saturated heterocycles. The van der Waals surface area contributed by atoms with E-state index in [0.717, 1.165) is 12.8 Å². The Hall–Kier alpha value is -3.61. The summed E-state index contributed by atoms with van der Waals surface area (Å²) in [6.07, 6.45) is 3.60. The summed E-state index contributed by atoms with van der Waals surface area (Å²) in [6, 6.07) is 7.04. The maximum atomic E-state index is 13.2. The summed E-state index contributed by atoms with van der Waals surface area (Å²) in [4.78, 5) is 25.1. The Morgan fingerprint density at radius 1 is 1.29 bits per heavy atom. The number of halogens is 1. The second-order valence-electron chi connectivity index (χ2n) is 8.10. The van der Waals surface area contributed by atoms with Gasteiger partial charge < -0.3 is 21.1 Å². The lowest BCUT2D eigenvalue weighted by Gasteiger charge is -2.41. The molecule has 2 aliphatic rings. The Morgan fingerprint density at radius 2 is 2.00 bits per heavy atom. The predicted molar refractivity (Wildman–Crippen MR) is 109 cm³/mol. The van der Waals surface area contributed by atoms with Crippen LogP contribution in [0.2, 0.25) is 0 Å². The van der Waals surface area contributed by atoms with Crippen LogP contribution in [0.15, 0.2) is 30.5 Å². The molecule has 1 saturated carbocycles. The lowest BCUT2D eigenvalue weighted by atomic mass is 9.83. The van der Waals surface area contributed by atoms with Gasteiger partial charge >= 0.3 is 6.09 Å². The molecule has 4 N–H and O–H groups in total. The summed E-state index contributed by atoms with van der Waals surface area (Å²) in [7, 11) is 0. The van der Waals surface area contributed by atoms with Gasteiger partial charge in [-0.05, 0) is 43.0 Å². The van der Waals surface area contributed by atoms with Crippen LogP contribution >= 0.6 is 0 Å². The van der Waals surface area contributed by atoms with E-state index in [1.807, 2.05) is 0 Å². The number of piperidine rings is 1. The van der Waals surface area contributed by atoms with Crippen molar-refractivity contribution in [2.75, 3.05) is 11.9 Å². The number of nitriles is 1. The molecule has 2 amide bonds. The third-order valence-corrected chi connectivity index (χ3v) is 6.01. The van der Waals surface area contributed by atoms with Gasteiger partial charge in [0.25, 0.3) is 5.91 Å². The second-order valence-corrected chi connectivity index (χ2v) is 8.10. The summed E-state index contributed by atoms with van der Waals surface area (Å²) in [6.45, 7) is 0.280. The van der Waals surface area contributed by atoms with Crippen molar-refractivity contribution in [3.8, 4) is 6.07 Å². The molecule has 0 bridgehead atoms. The fourth-order valence-corrected chi connectivity index (χ4v) is 4.25. The van der Waals surface area contributed by atoms with E-state index >= 15 is 0 Å². The molecule has 2 heterocycles. The minimum Gasteiger partial charge on any atom is -0.465 e. The monoisotopic (exact) mass is 426 g/mol. The zero-order chi connectivity index (χ0) is 22.1. The van der Waals surface area contributed by atoms with Crippen molar-refractivity contribution < 1.29 is 19.1 Å². The molecule has 0 spiro atoms. The fourth-order valence-electron chi connectivity index (χ4n) is 4.25. The Bertz CT molecular complexity index is 1030. The number of carbonyl (C=O) groups is 2. The Kier molecular flexibility index (Phi) is 5.50. The van der Waals surface area contributed by atoms with E-state index in [4.69, 9.17) is 5.73 Å². The molecule has 4 rings (SSSR count). The number of likely N-dealkylation sites (tertiary alicyclic amines) is 1. The lowest BCUT2D eigenvalue weighted by Crippen LogP contribution is -2.51. The smallest absolute Gasteiger partial charge is 0.407 e. The van der Waals surface area contributed by atoms with Gasteiger partial charge in [0, 0.05) is 18.4 Å². The van der Waals surface area contributed by atoms with Crippen LogP contribution in [-0.4, -0.2) is 44.4 Å². The van der Waals surface area contributed by atoms with Crippen LogP contribution in [0, 0.1) is 29.0 Å². The van der Waals surface area contributed by atoms with Crippen LogP contribution in [0.4, 0.5) is 20.7 Å². The fraction of sp³-hybridized carbons (Fsp3) is 0.429. The number of aromatic nitrogens is 2. The number of carboxylic acid groups (broad SMARTS) is 1. The third kappa shape index (κ3) is 4.30. The van der Waals surface area contributed by atoms with Gasteiger partial charge in [-0.25, -0.2) is 9.18 Å². The van der Waals surface area contributed by atoms with Crippen molar-refractivity contribution in [3.63, 3.8) is 0 Å². The summed E-state index contributed by atoms with van der Waals surface area (Å²) in [5.41, 5.74) is 6.19. The van der Waals surface area contributed by atoms with Gasteiger partial charge in [-0.2, -0.15) is 10.4 Å². The molecule has 1 aromatic heterocycles. The van der Waals surface area contributed by atoms with Crippen molar-refractivity contribution >= 4 is 23.5 Å². The van der Waals surface area contributed by atoms with Crippen molar-refractivity contribution in [1.29, 1.82) is 5.26 Å². The summed E-state index contributed by atoms with van der Waals surface area (Å²) >= 11 is 0. The van der Waals surface area contributed by atoms with E-state index in [2.05, 4.69) is 16.5 Å². The van der Waals surface area contributed by atoms with Crippen LogP contribution in [0.5, 0.6) is 0 Å². The molecule has 0 radical (unpaired) electrons. The van der Waals surface area contributed by atoms with Crippen LogP contribution in [0.3, 0.4) is 0 Å². The number of nitrogens with one attached hydrogen (secondary N) is 1. The zero-order valence-electron chi connectivity index (χ0n) is 16.7. The van der Waals surface area contributed by atoms with Gasteiger partial charge in [-0.1, -0.05) is 12.8 Å². The van der Waals surface area contributed by atoms with Gasteiger partial charge in [0.15, 0.2) is 5.82 Å². The van der Waals surface area contributed by atoms with Crippen LogP contribution < -0.4 is 11.1 Å². The minimum atomic E-state index is -1.03. The lowest BCUT2D eigenvalue weighted by molar-refractivity contribution is 0.0607. The van der Waals surface area contributed by atoms with Gasteiger partial charge in [-0.15, -0.1) is 0 Å². The first-order chi connectivity index (χ1) is 14.9. The highest BCUT2D eigenvalue weighted by Gasteiger charge is 2.44. The molecule has 162 valence electrons. The average Bonchev–Trinajstić information content (AvgIpc) is 3.45. The number of carbonyl (C=O) groups excluding carboxylic acids is 1. The molecular weight excluding hydrogens is 403 g/mol. The first-order valence-corrected chi connectivity index (χ1v) is 10.2. The van der Waals surface area contributed by atoms with E-state index < -0.39 is 35.8 Å². The SMILES string of the molecule is N#CC1C(CC2CC2)N(C(=O)O)CCC1n1cc(C(N)=O)c(Nc2ccc(F)cc2)n1. The summed E-state index contributed by atoms with van der Waals surface area (Å²) in [5, 5.41) is 27.0. The number of benzene rings is 1. The Balaban J connectivity index is 1.64. The molecular formula is C21H23FN6O3. The van der Waals surface area contributed by atoms with Crippen LogP contribution in [-0.2, 0) is 0 Å². The van der Waals surface area contributed by atoms with Crippen molar-refractivity contribution in [2.45, 2.75) is 37.8 Å². The van der Waals surface area contributed by atoms with Gasteiger partial charge in [0.1, 0.15) is 11.4 Å². The maximum absolute atomic E-state index is 13.2. The molecule has 31 heavy (non-hydrogen) atoms. The molecule has 1 aliphatic carbocycles. The third-order valence-electron chi connectivity index (χ3n) is 6.01. The normalized spacial score (nSPS) is 23.2. The molecule has 9 nitrogen and oxygen atoms in total. The van der Waals surface area contributed by atoms with Crippen LogP contribution in [0.1, 0.15) is 42.1 Å². The van der Waals surface area contributed by atoms with Gasteiger partial charge in [0.05, 0.1) is 24.1 Å². The largest absolute Gasteiger partial charge is 0.465 e. The molecule has 2 aromatic rings. The maximum Gasteiger partial charge on any atom is 0.407 e. The van der Waals surface area contributed by atoms with Crippen molar-refractivity contribution in [3.05, 3.63) is 41.8 Å². The van der Waals surface area contributed by atoms with E-state index in [1.54, 1.807) is 4.68 Å². The van der Waals surface area contributed by atoms with Gasteiger partial charge in [0.2, 0.25) is 0 Å². The molecule has 10 heteroatoms. The standard InChI is InChI=1S/C21H23FN6O3/c22-13-3-5-14(6-4-13)25-20-16(19(24)29)11-28(26-20)17-7-8-27(21(30)31)18(15(17)10-23)9-12-1-2-12/h3-6,11-12,15,17-18H,1-2,7-9H2,(H2,24,29)(H,25,26)(H,30,31). The second kappa shape index (κ2) is 8.26. The molecule has 3 unspecified atom stereocenters. The summed E-state index contributed by atoms with van der Waals surface area (Å²) < 4.78 is 14.7. The number of hydrogen-bond acceptors (Lipinski definition) is 5. The molecule has 2 fully saturated rings. The number of primary amides is 1. The first kappa shape index (κ1) is 20.7. The average molecular weight is 426 g/mol. The quantitative estimate of drug-likeness (QED) is 0.649. The number of rotatable bonds is 6. The summed E-state index contributed by atoms with van der Waals surface area (Å²) in [5.74, 6) is -1.05.